The Morgan fingerprint density at radius 3 is 2.65 bits per heavy atom. The van der Waals surface area contributed by atoms with E-state index in [2.05, 4.69) is 18.3 Å². The summed E-state index contributed by atoms with van der Waals surface area (Å²) in [6, 6.07) is 2.48. The highest BCUT2D eigenvalue weighted by Gasteiger charge is 2.45. The van der Waals surface area contributed by atoms with Crippen molar-refractivity contribution >= 4 is 0 Å². The molecular weight excluding hydrogens is 212 g/mol. The molecule has 2 fully saturated rings. The quantitative estimate of drug-likeness (QED) is 0.625. The second kappa shape index (κ2) is 5.84. The predicted molar refractivity (Wildman–Crippen MR) is 67.5 cm³/mol. The van der Waals surface area contributed by atoms with Gasteiger partial charge in [0.1, 0.15) is 5.54 Å². The maximum absolute atomic E-state index is 9.44. The van der Waals surface area contributed by atoms with Gasteiger partial charge in [0.15, 0.2) is 0 Å². The Bertz CT molecular complexity index is 278. The lowest BCUT2D eigenvalue weighted by molar-refractivity contribution is 0.0769. The monoisotopic (exact) mass is 236 g/mol. The highest BCUT2D eigenvalue weighted by atomic mass is 16.5. The molecule has 2 aliphatic carbocycles. The first-order valence-corrected chi connectivity index (χ1v) is 7.05. The maximum atomic E-state index is 9.44. The molecule has 0 saturated heterocycles. The summed E-state index contributed by atoms with van der Waals surface area (Å²) in [7, 11) is 0. The first-order chi connectivity index (χ1) is 8.30. The highest BCUT2D eigenvalue weighted by molar-refractivity contribution is 5.15. The van der Waals surface area contributed by atoms with Gasteiger partial charge in [-0.2, -0.15) is 5.26 Å². The molecule has 3 nitrogen and oxygen atoms in total. The van der Waals surface area contributed by atoms with Crippen molar-refractivity contribution in [3.8, 4) is 6.07 Å². The van der Waals surface area contributed by atoms with Crippen LogP contribution in [-0.4, -0.2) is 25.3 Å². The van der Waals surface area contributed by atoms with Crippen LogP contribution in [0.3, 0.4) is 0 Å². The van der Waals surface area contributed by atoms with Crippen LogP contribution in [0, 0.1) is 23.2 Å². The minimum Gasteiger partial charge on any atom is -0.378 e. The third-order valence-electron chi connectivity index (χ3n) is 3.86. The lowest BCUT2D eigenvalue weighted by atomic mass is 9.96. The molecule has 0 aliphatic heterocycles. The highest BCUT2D eigenvalue weighted by Crippen LogP contribution is 2.40. The van der Waals surface area contributed by atoms with Gasteiger partial charge in [-0.15, -0.1) is 0 Å². The molecule has 2 saturated carbocycles. The fourth-order valence-electron chi connectivity index (χ4n) is 2.29. The predicted octanol–water partition coefficient (Wildman–Crippen LogP) is 2.48. The Kier molecular flexibility index (Phi) is 4.42. The van der Waals surface area contributed by atoms with Crippen LogP contribution in [0.25, 0.3) is 0 Å². The van der Waals surface area contributed by atoms with Crippen LogP contribution in [0.15, 0.2) is 0 Å². The molecule has 2 rings (SSSR count). The Labute approximate surface area is 105 Å². The molecule has 0 amide bonds. The molecule has 2 aliphatic rings. The van der Waals surface area contributed by atoms with Crippen molar-refractivity contribution in [3.05, 3.63) is 0 Å². The number of nitriles is 1. The summed E-state index contributed by atoms with van der Waals surface area (Å²) in [6.45, 7) is 4.45. The standard InChI is InChI=1S/C14H24N2O/c1-2-8-16-14(10-15,13-5-6-13)11-17-9-7-12-3-4-12/h12-13,16H,2-9,11H2,1H3. The smallest absolute Gasteiger partial charge is 0.133 e. The Hall–Kier alpha value is -0.590. The summed E-state index contributed by atoms with van der Waals surface area (Å²) in [4.78, 5) is 0. The molecule has 1 unspecified atom stereocenters. The number of hydrogen-bond donors (Lipinski definition) is 1. The molecule has 17 heavy (non-hydrogen) atoms. The van der Waals surface area contributed by atoms with Gasteiger partial charge < -0.3 is 4.74 Å². The average Bonchev–Trinajstić information content (AvgIpc) is 3.19. The zero-order valence-electron chi connectivity index (χ0n) is 10.9. The average molecular weight is 236 g/mol. The second-order valence-electron chi connectivity index (χ2n) is 5.57. The van der Waals surface area contributed by atoms with Crippen LogP contribution in [0.2, 0.25) is 0 Å². The third-order valence-corrected chi connectivity index (χ3v) is 3.86. The van der Waals surface area contributed by atoms with Crippen LogP contribution in [0.4, 0.5) is 0 Å². The van der Waals surface area contributed by atoms with Gasteiger partial charge in [-0.3, -0.25) is 5.32 Å². The van der Waals surface area contributed by atoms with Crippen molar-refractivity contribution in [2.75, 3.05) is 19.8 Å². The normalized spacial score (nSPS) is 23.1. The van der Waals surface area contributed by atoms with Crippen LogP contribution in [0.5, 0.6) is 0 Å². The topological polar surface area (TPSA) is 45.0 Å². The van der Waals surface area contributed by atoms with Crippen molar-refractivity contribution in [2.45, 2.75) is 51.0 Å². The molecule has 0 bridgehead atoms. The van der Waals surface area contributed by atoms with Crippen molar-refractivity contribution in [1.82, 2.24) is 5.32 Å². The Morgan fingerprint density at radius 2 is 2.12 bits per heavy atom. The minimum atomic E-state index is -0.403. The summed E-state index contributed by atoms with van der Waals surface area (Å²) < 4.78 is 5.75. The van der Waals surface area contributed by atoms with Crippen molar-refractivity contribution in [1.29, 1.82) is 5.26 Å². The van der Waals surface area contributed by atoms with Crippen molar-refractivity contribution in [3.63, 3.8) is 0 Å². The van der Waals surface area contributed by atoms with Gasteiger partial charge in [0.05, 0.1) is 12.7 Å². The van der Waals surface area contributed by atoms with Crippen LogP contribution in [-0.2, 0) is 4.74 Å². The van der Waals surface area contributed by atoms with Crippen LogP contribution in [0.1, 0.15) is 45.4 Å². The summed E-state index contributed by atoms with van der Waals surface area (Å²) >= 11 is 0. The van der Waals surface area contributed by atoms with Crippen molar-refractivity contribution in [2.24, 2.45) is 11.8 Å². The molecule has 0 heterocycles. The molecule has 3 heteroatoms. The second-order valence-corrected chi connectivity index (χ2v) is 5.57. The van der Waals surface area contributed by atoms with Gasteiger partial charge in [-0.25, -0.2) is 0 Å². The molecule has 0 radical (unpaired) electrons. The summed E-state index contributed by atoms with van der Waals surface area (Å²) in [5.74, 6) is 1.43. The van der Waals surface area contributed by atoms with Gasteiger partial charge in [0, 0.05) is 6.61 Å². The number of hydrogen-bond acceptors (Lipinski definition) is 3. The molecule has 96 valence electrons. The van der Waals surface area contributed by atoms with E-state index >= 15 is 0 Å². The van der Waals surface area contributed by atoms with E-state index in [1.165, 1.54) is 32.1 Å². The number of rotatable bonds is 9. The number of nitrogens with zero attached hydrogens (tertiary/aromatic N) is 1. The lowest BCUT2D eigenvalue weighted by Gasteiger charge is -2.27. The molecule has 0 spiro atoms. The molecule has 1 N–H and O–H groups in total. The van der Waals surface area contributed by atoms with Crippen LogP contribution >= 0.6 is 0 Å². The minimum absolute atomic E-state index is 0.403. The van der Waals surface area contributed by atoms with Gasteiger partial charge >= 0.3 is 0 Å². The van der Waals surface area contributed by atoms with Crippen LogP contribution < -0.4 is 5.32 Å². The molecule has 0 aromatic rings. The van der Waals surface area contributed by atoms with E-state index in [0.29, 0.717) is 12.5 Å². The van der Waals surface area contributed by atoms with E-state index in [1.54, 1.807) is 0 Å². The SMILES string of the molecule is CCCNC(C#N)(COCCC1CC1)C1CC1. The Morgan fingerprint density at radius 1 is 1.35 bits per heavy atom. The third kappa shape index (κ3) is 3.69. The van der Waals surface area contributed by atoms with E-state index in [4.69, 9.17) is 4.74 Å². The summed E-state index contributed by atoms with van der Waals surface area (Å²) in [5.41, 5.74) is -0.403. The lowest BCUT2D eigenvalue weighted by Crippen LogP contribution is -2.50. The molecule has 0 aromatic heterocycles. The van der Waals surface area contributed by atoms with E-state index in [9.17, 15) is 5.26 Å². The van der Waals surface area contributed by atoms with E-state index in [-0.39, 0.29) is 0 Å². The zero-order chi connectivity index (χ0) is 12.1. The molecular formula is C14H24N2O. The zero-order valence-corrected chi connectivity index (χ0v) is 10.9. The fraction of sp³-hybridized carbons (Fsp3) is 0.929. The van der Waals surface area contributed by atoms with Gasteiger partial charge in [-0.05, 0) is 44.1 Å². The number of ether oxygens (including phenoxy) is 1. The van der Waals surface area contributed by atoms with Crippen molar-refractivity contribution < 1.29 is 4.74 Å². The maximum Gasteiger partial charge on any atom is 0.133 e. The first-order valence-electron chi connectivity index (χ1n) is 7.05. The summed E-state index contributed by atoms with van der Waals surface area (Å²) in [6.07, 6.45) is 7.36. The van der Waals surface area contributed by atoms with Gasteiger partial charge in [-0.1, -0.05) is 19.8 Å². The first kappa shape index (κ1) is 12.9. The number of nitrogens with one attached hydrogen (secondary N) is 1. The largest absolute Gasteiger partial charge is 0.378 e. The Balaban J connectivity index is 1.74. The summed E-state index contributed by atoms with van der Waals surface area (Å²) in [5, 5.41) is 12.9. The fourth-order valence-corrected chi connectivity index (χ4v) is 2.29. The molecule has 1 atom stereocenters. The van der Waals surface area contributed by atoms with Gasteiger partial charge in [0.2, 0.25) is 0 Å². The van der Waals surface area contributed by atoms with E-state index in [0.717, 1.165) is 25.5 Å². The molecule has 0 aromatic carbocycles. The van der Waals surface area contributed by atoms with E-state index in [1.807, 2.05) is 0 Å². The van der Waals surface area contributed by atoms with E-state index < -0.39 is 5.54 Å². The van der Waals surface area contributed by atoms with Gasteiger partial charge in [0.25, 0.3) is 0 Å².